The van der Waals surface area contributed by atoms with Crippen LogP contribution in [-0.4, -0.2) is 21.5 Å². The Labute approximate surface area is 89.5 Å². The maximum absolute atomic E-state index is 10.9. The fourth-order valence-corrected chi connectivity index (χ4v) is 3.33. The molecular formula is C8H13N3OS2. The van der Waals surface area contributed by atoms with Gasteiger partial charge in [-0.3, -0.25) is 4.72 Å². The first-order valence-electron chi connectivity index (χ1n) is 4.49. The summed E-state index contributed by atoms with van der Waals surface area (Å²) < 4.78 is 13.7. The molecule has 0 bridgehead atoms. The van der Waals surface area contributed by atoms with Gasteiger partial charge in [-0.2, -0.15) is 0 Å². The number of rotatable bonds is 2. The molecule has 0 saturated heterocycles. The number of thiazole rings is 1. The van der Waals surface area contributed by atoms with E-state index in [1.165, 1.54) is 4.88 Å². The van der Waals surface area contributed by atoms with Crippen LogP contribution in [0.1, 0.15) is 17.0 Å². The zero-order chi connectivity index (χ0) is 10.1. The van der Waals surface area contributed by atoms with Crippen molar-refractivity contribution in [3.05, 3.63) is 10.6 Å². The lowest BCUT2D eigenvalue weighted by atomic mass is 9.99. The Morgan fingerprint density at radius 3 is 3.21 bits per heavy atom. The van der Waals surface area contributed by atoms with Crippen molar-refractivity contribution < 1.29 is 4.21 Å². The van der Waals surface area contributed by atoms with Gasteiger partial charge in [0, 0.05) is 17.2 Å². The number of aryl methyl sites for hydroxylation is 1. The summed E-state index contributed by atoms with van der Waals surface area (Å²) in [5.41, 5.74) is 6.99. The van der Waals surface area contributed by atoms with Crippen molar-refractivity contribution in [2.24, 2.45) is 5.73 Å². The zero-order valence-electron chi connectivity index (χ0n) is 7.95. The lowest BCUT2D eigenvalue weighted by molar-refractivity contribution is 0.576. The monoisotopic (exact) mass is 231 g/mol. The van der Waals surface area contributed by atoms with Gasteiger partial charge in [0.15, 0.2) is 5.13 Å². The fraction of sp³-hybridized carbons (Fsp3) is 0.625. The van der Waals surface area contributed by atoms with Gasteiger partial charge in [-0.1, -0.05) is 0 Å². The molecule has 1 heterocycles. The van der Waals surface area contributed by atoms with Crippen LogP contribution in [0.3, 0.4) is 0 Å². The van der Waals surface area contributed by atoms with Crippen LogP contribution < -0.4 is 10.5 Å². The Bertz CT molecular complexity index is 363. The molecule has 1 aromatic rings. The molecule has 2 atom stereocenters. The summed E-state index contributed by atoms with van der Waals surface area (Å²) in [5.74, 6) is 0. The summed E-state index contributed by atoms with van der Waals surface area (Å²) in [5, 5.41) is 0.755. The van der Waals surface area contributed by atoms with Crippen LogP contribution in [-0.2, 0) is 23.8 Å². The van der Waals surface area contributed by atoms with Crippen LogP contribution in [0.4, 0.5) is 5.13 Å². The molecule has 6 heteroatoms. The molecule has 1 unspecified atom stereocenters. The highest BCUT2D eigenvalue weighted by atomic mass is 32.2. The topological polar surface area (TPSA) is 68.0 Å². The fourth-order valence-electron chi connectivity index (χ4n) is 1.57. The highest BCUT2D eigenvalue weighted by Crippen LogP contribution is 2.29. The average molecular weight is 231 g/mol. The molecule has 0 spiro atoms. The van der Waals surface area contributed by atoms with Crippen molar-refractivity contribution in [3.63, 3.8) is 0 Å². The van der Waals surface area contributed by atoms with Gasteiger partial charge in [0.05, 0.1) is 5.69 Å². The van der Waals surface area contributed by atoms with E-state index in [4.69, 9.17) is 5.73 Å². The van der Waals surface area contributed by atoms with Crippen molar-refractivity contribution in [3.8, 4) is 0 Å². The van der Waals surface area contributed by atoms with E-state index in [0.717, 1.165) is 30.1 Å². The van der Waals surface area contributed by atoms with Gasteiger partial charge < -0.3 is 5.73 Å². The third-order valence-electron chi connectivity index (χ3n) is 2.21. The van der Waals surface area contributed by atoms with Crippen LogP contribution in [0.2, 0.25) is 0 Å². The molecule has 0 aliphatic heterocycles. The van der Waals surface area contributed by atoms with Crippen LogP contribution in [0.15, 0.2) is 0 Å². The maximum Gasteiger partial charge on any atom is 0.195 e. The van der Waals surface area contributed by atoms with Gasteiger partial charge in [0.1, 0.15) is 11.0 Å². The number of fused-ring (bicyclic) bond motifs is 1. The summed E-state index contributed by atoms with van der Waals surface area (Å²) in [6, 6.07) is 0.267. The van der Waals surface area contributed by atoms with Gasteiger partial charge in [-0.15, -0.1) is 11.3 Å². The van der Waals surface area contributed by atoms with Crippen molar-refractivity contribution in [2.75, 3.05) is 11.0 Å². The predicted octanol–water partition coefficient (Wildman–Crippen LogP) is 0.664. The van der Waals surface area contributed by atoms with Gasteiger partial charge in [-0.05, 0) is 19.3 Å². The van der Waals surface area contributed by atoms with Gasteiger partial charge in [0.2, 0.25) is 0 Å². The molecule has 4 nitrogen and oxygen atoms in total. The minimum atomic E-state index is -1.04. The number of nitrogens with one attached hydrogen (secondary N) is 1. The van der Waals surface area contributed by atoms with Crippen LogP contribution >= 0.6 is 11.3 Å². The lowest BCUT2D eigenvalue weighted by Gasteiger charge is -2.15. The third kappa shape index (κ3) is 2.13. The Hall–Kier alpha value is -0.460. The summed E-state index contributed by atoms with van der Waals surface area (Å²) in [7, 11) is -1.04. The highest BCUT2D eigenvalue weighted by molar-refractivity contribution is 7.85. The Kier molecular flexibility index (Phi) is 2.85. The molecule has 78 valence electrons. The van der Waals surface area contributed by atoms with Crippen molar-refractivity contribution in [1.29, 1.82) is 0 Å². The smallest absolute Gasteiger partial charge is 0.195 e. The molecular weight excluding hydrogens is 218 g/mol. The first-order chi connectivity index (χ1) is 6.65. The second-order valence-electron chi connectivity index (χ2n) is 3.45. The second-order valence-corrected chi connectivity index (χ2v) is 5.64. The Morgan fingerprint density at radius 2 is 2.50 bits per heavy atom. The number of nitrogens with two attached hydrogens (primary N) is 1. The van der Waals surface area contributed by atoms with Crippen molar-refractivity contribution in [1.82, 2.24) is 4.98 Å². The Morgan fingerprint density at radius 1 is 1.71 bits per heavy atom. The summed E-state index contributed by atoms with van der Waals surface area (Å²) >= 11 is 1.57. The predicted molar refractivity (Wildman–Crippen MR) is 59.8 cm³/mol. The van der Waals surface area contributed by atoms with E-state index >= 15 is 0 Å². The van der Waals surface area contributed by atoms with E-state index in [1.54, 1.807) is 17.6 Å². The number of hydrogen-bond donors (Lipinski definition) is 2. The van der Waals surface area contributed by atoms with Gasteiger partial charge >= 0.3 is 0 Å². The lowest BCUT2D eigenvalue weighted by Crippen LogP contribution is -2.26. The first kappa shape index (κ1) is 10.1. The quantitative estimate of drug-likeness (QED) is 0.786. The summed E-state index contributed by atoms with van der Waals surface area (Å²) in [6.45, 7) is 0. The Balaban J connectivity index is 2.19. The highest BCUT2D eigenvalue weighted by Gasteiger charge is 2.19. The van der Waals surface area contributed by atoms with Gasteiger partial charge in [0.25, 0.3) is 0 Å². The third-order valence-corrected chi connectivity index (χ3v) is 3.85. The van der Waals surface area contributed by atoms with Crippen LogP contribution in [0.5, 0.6) is 0 Å². The minimum absolute atomic E-state index is 0.267. The summed E-state index contributed by atoms with van der Waals surface area (Å²) in [4.78, 5) is 5.63. The van der Waals surface area contributed by atoms with E-state index in [9.17, 15) is 4.21 Å². The molecule has 1 aliphatic carbocycles. The average Bonchev–Trinajstić information content (AvgIpc) is 2.44. The van der Waals surface area contributed by atoms with Crippen LogP contribution in [0, 0.1) is 0 Å². The molecule has 2 rings (SSSR count). The van der Waals surface area contributed by atoms with Gasteiger partial charge in [-0.25, -0.2) is 9.19 Å². The molecule has 0 aromatic carbocycles. The van der Waals surface area contributed by atoms with Crippen molar-refractivity contribution >= 4 is 27.5 Å². The van der Waals surface area contributed by atoms with E-state index in [-0.39, 0.29) is 6.04 Å². The molecule has 0 radical (unpaired) electrons. The number of hydrogen-bond acceptors (Lipinski definition) is 4. The second kappa shape index (κ2) is 3.96. The summed E-state index contributed by atoms with van der Waals surface area (Å²) in [6.07, 6.45) is 4.47. The van der Waals surface area contributed by atoms with E-state index in [1.807, 2.05) is 0 Å². The SMILES string of the molecule is CS(=O)Nc1nc2c(s1)C[C@@H](N)CC2. The molecule has 0 saturated carbocycles. The van der Waals surface area contributed by atoms with E-state index in [2.05, 4.69) is 9.71 Å². The molecule has 0 amide bonds. The number of anilines is 1. The van der Waals surface area contributed by atoms with E-state index < -0.39 is 11.0 Å². The number of nitrogens with zero attached hydrogens (tertiary/aromatic N) is 1. The normalized spacial score (nSPS) is 22.9. The minimum Gasteiger partial charge on any atom is -0.327 e. The standard InChI is InChI=1S/C8H13N3OS2/c1-14(12)11-8-10-6-3-2-5(9)4-7(6)13-8/h5H,2-4,9H2,1H3,(H,10,11)/t5-,14?/m0/s1. The first-order valence-corrected chi connectivity index (χ1v) is 6.87. The van der Waals surface area contributed by atoms with Crippen LogP contribution in [0.25, 0.3) is 0 Å². The molecule has 1 aliphatic rings. The molecule has 14 heavy (non-hydrogen) atoms. The van der Waals surface area contributed by atoms with E-state index in [0.29, 0.717) is 0 Å². The molecule has 1 aromatic heterocycles. The number of aromatic nitrogens is 1. The maximum atomic E-state index is 10.9. The molecule has 3 N–H and O–H groups in total. The molecule has 0 fully saturated rings. The zero-order valence-corrected chi connectivity index (χ0v) is 9.58. The van der Waals surface area contributed by atoms with Crippen molar-refractivity contribution in [2.45, 2.75) is 25.3 Å². The largest absolute Gasteiger partial charge is 0.327 e.